The Labute approximate surface area is 205 Å². The first-order valence-electron chi connectivity index (χ1n) is 12.5. The number of ether oxygens (including phenoxy) is 1. The molecule has 4 N–H and O–H groups in total. The van der Waals surface area contributed by atoms with Crippen LogP contribution in [0.15, 0.2) is 35.3 Å². The molecular weight excluding hydrogens is 460 g/mol. The van der Waals surface area contributed by atoms with Gasteiger partial charge < -0.3 is 39.9 Å². The third kappa shape index (κ3) is 3.88. The lowest BCUT2D eigenvalue weighted by molar-refractivity contribution is -0.225. The lowest BCUT2D eigenvalue weighted by Crippen LogP contribution is -2.63. The highest BCUT2D eigenvalue weighted by atomic mass is 32.1. The highest BCUT2D eigenvalue weighted by Gasteiger charge is 2.50. The minimum atomic E-state index is -2.18. The number of fused-ring (bicyclic) bond motifs is 2. The summed E-state index contributed by atoms with van der Waals surface area (Å²) in [5, 5.41) is 41.9. The van der Waals surface area contributed by atoms with Gasteiger partial charge in [0.05, 0.1) is 16.9 Å². The van der Waals surface area contributed by atoms with E-state index in [2.05, 4.69) is 0 Å². The van der Waals surface area contributed by atoms with Gasteiger partial charge in [-0.05, 0) is 32.1 Å². The summed E-state index contributed by atoms with van der Waals surface area (Å²) in [6.07, 6.45) is -8.28. The molecule has 3 aliphatic heterocycles. The molecule has 1 aromatic heterocycles. The number of carboxylic acid groups (broad SMARTS) is 1. The zero-order valence-corrected chi connectivity index (χ0v) is 19.2. The summed E-state index contributed by atoms with van der Waals surface area (Å²) in [5.74, 6) is -0.835. The largest absolute Gasteiger partial charge is 0.479 e. The predicted molar refractivity (Wildman–Crippen MR) is 127 cm³/mol. The van der Waals surface area contributed by atoms with Gasteiger partial charge in [0.25, 0.3) is 0 Å². The Bertz CT molecular complexity index is 1220. The number of aliphatic hydroxyl groups is 3. The first-order chi connectivity index (χ1) is 17.5. The molecule has 2 aromatic rings. The van der Waals surface area contributed by atoms with Gasteiger partial charge in [-0.25, -0.2) is 9.79 Å². The number of para-hydroxylation sites is 2. The highest BCUT2D eigenvalue weighted by molar-refractivity contribution is 7.16. The first-order valence-corrected chi connectivity index (χ1v) is 11.8. The monoisotopic (exact) mass is 491 g/mol. The molecule has 0 spiro atoms. The van der Waals surface area contributed by atoms with Crippen LogP contribution in [0.2, 0.25) is 0 Å². The molecule has 5 rings (SSSR count). The van der Waals surface area contributed by atoms with Crippen LogP contribution < -0.4 is 4.90 Å². The molecule has 1 aromatic carbocycles. The second kappa shape index (κ2) is 8.91. The van der Waals surface area contributed by atoms with E-state index >= 15 is 0 Å². The molecule has 34 heavy (non-hydrogen) atoms. The van der Waals surface area contributed by atoms with E-state index in [1.54, 1.807) is 29.2 Å². The molecule has 0 saturated carbocycles. The van der Waals surface area contributed by atoms with Crippen LogP contribution in [0.25, 0.3) is 0 Å². The van der Waals surface area contributed by atoms with Crippen molar-refractivity contribution in [2.45, 2.75) is 37.6 Å². The number of nitrogens with zero attached hydrogens (tertiary/aromatic N) is 4. The van der Waals surface area contributed by atoms with Crippen molar-refractivity contribution in [1.82, 2.24) is 9.80 Å². The molecule has 0 bridgehead atoms. The number of carbonyl (C=O) groups is 1. The van der Waals surface area contributed by atoms with Crippen LogP contribution in [0, 0.1) is 6.92 Å². The fourth-order valence-corrected chi connectivity index (χ4v) is 5.62. The van der Waals surface area contributed by atoms with Gasteiger partial charge in [-0.15, -0.1) is 11.3 Å². The number of aliphatic carboxylic acids is 1. The molecular formula is C23H28N4O6S. The summed E-state index contributed by atoms with van der Waals surface area (Å²) in [5.41, 5.74) is 1.77. The fourth-order valence-electron chi connectivity index (χ4n) is 4.58. The van der Waals surface area contributed by atoms with Crippen LogP contribution in [0.4, 0.5) is 16.4 Å². The summed E-state index contributed by atoms with van der Waals surface area (Å²) < 4.78 is 28.9. The third-order valence-electron chi connectivity index (χ3n) is 6.33. The predicted octanol–water partition coefficient (Wildman–Crippen LogP) is 0.726. The van der Waals surface area contributed by atoms with E-state index in [0.717, 1.165) is 4.88 Å². The van der Waals surface area contributed by atoms with Crippen LogP contribution in [0.3, 0.4) is 0 Å². The first kappa shape index (κ1) is 19.7. The standard InChI is InChI=1S/C23H28N4O6S/c1-12-11-13-20(26-9-7-25(2)8-10-26)24-14-5-3-4-6-15(14)27(22(13)34-12)21-18(30)16(28)17(29)19(33-21)23(31)32/h3-6,11,16-19,21,28-30H,7-10H2,1-2H3,(H,31,32)/t16-,17-,18-,19?,21+/m0/s1/i2D3. The summed E-state index contributed by atoms with van der Waals surface area (Å²) in [6.45, 7) is 1.25. The van der Waals surface area contributed by atoms with E-state index in [1.165, 1.54) is 16.2 Å². The Morgan fingerprint density at radius 1 is 1.15 bits per heavy atom. The molecule has 0 amide bonds. The van der Waals surface area contributed by atoms with E-state index in [-0.39, 0.29) is 0 Å². The van der Waals surface area contributed by atoms with Crippen molar-refractivity contribution in [2.24, 2.45) is 4.99 Å². The maximum absolute atomic E-state index is 11.8. The van der Waals surface area contributed by atoms with Crippen molar-refractivity contribution in [3.05, 3.63) is 40.8 Å². The SMILES string of the molecule is [2H]C([2H])([2H])N1CCN(C2=Nc3ccccc3N([C@@H]3OC(C(=O)O)[C@@H](O)[C@H](O)[C@@H]3O)c3sc(C)cc32)CC1. The fraction of sp³-hybridized carbons (Fsp3) is 0.478. The lowest BCUT2D eigenvalue weighted by atomic mass is 9.97. The summed E-state index contributed by atoms with van der Waals surface area (Å²) in [7, 11) is 0. The van der Waals surface area contributed by atoms with Gasteiger partial charge in [-0.3, -0.25) is 0 Å². The van der Waals surface area contributed by atoms with Crippen LogP contribution in [-0.2, 0) is 9.53 Å². The van der Waals surface area contributed by atoms with Crippen molar-refractivity contribution in [3.8, 4) is 0 Å². The number of aliphatic imine (C=N–C) groups is 1. The van der Waals surface area contributed by atoms with E-state index in [0.29, 0.717) is 54.0 Å². The molecule has 4 heterocycles. The van der Waals surface area contributed by atoms with Gasteiger partial charge in [0, 0.05) is 35.2 Å². The van der Waals surface area contributed by atoms with Crippen molar-refractivity contribution < 1.29 is 34.1 Å². The number of amidine groups is 1. The summed E-state index contributed by atoms with van der Waals surface area (Å²) >= 11 is 1.39. The Kier molecular flexibility index (Phi) is 5.17. The maximum Gasteiger partial charge on any atom is 0.335 e. The van der Waals surface area contributed by atoms with Gasteiger partial charge >= 0.3 is 5.97 Å². The van der Waals surface area contributed by atoms with E-state index in [9.17, 15) is 25.2 Å². The van der Waals surface area contributed by atoms with Gasteiger partial charge in [-0.1, -0.05) is 12.1 Å². The van der Waals surface area contributed by atoms with Gasteiger partial charge in [-0.2, -0.15) is 0 Å². The van der Waals surface area contributed by atoms with Gasteiger partial charge in [0.1, 0.15) is 29.1 Å². The molecule has 5 atom stereocenters. The number of aryl methyl sites for hydroxylation is 1. The van der Waals surface area contributed by atoms with Crippen LogP contribution in [-0.4, -0.2) is 106 Å². The molecule has 10 nitrogen and oxygen atoms in total. The number of piperazine rings is 1. The molecule has 0 radical (unpaired) electrons. The topological polar surface area (TPSA) is 129 Å². The van der Waals surface area contributed by atoms with Crippen LogP contribution in [0.5, 0.6) is 0 Å². The smallest absolute Gasteiger partial charge is 0.335 e. The van der Waals surface area contributed by atoms with Crippen molar-refractivity contribution in [3.63, 3.8) is 0 Å². The number of hydrogen-bond donors (Lipinski definition) is 4. The van der Waals surface area contributed by atoms with Gasteiger partial charge in [0.2, 0.25) is 0 Å². The second-order valence-corrected chi connectivity index (χ2v) is 9.84. The highest BCUT2D eigenvalue weighted by Crippen LogP contribution is 2.47. The van der Waals surface area contributed by atoms with Crippen molar-refractivity contribution >= 4 is 39.5 Å². The molecule has 2 fully saturated rings. The third-order valence-corrected chi connectivity index (χ3v) is 7.38. The number of thiophene rings is 1. The minimum absolute atomic E-state index is 0.328. The number of carboxylic acids is 1. The molecule has 3 aliphatic rings. The molecule has 182 valence electrons. The van der Waals surface area contributed by atoms with Crippen LogP contribution >= 0.6 is 11.3 Å². The molecule has 11 heteroatoms. The Balaban J connectivity index is 1.59. The Hall–Kier alpha value is -2.54. The number of rotatable bonds is 2. The van der Waals surface area contributed by atoms with E-state index in [4.69, 9.17) is 13.8 Å². The number of aliphatic hydroxyl groups excluding tert-OH is 3. The van der Waals surface area contributed by atoms with Gasteiger partial charge in [0.15, 0.2) is 12.3 Å². The number of benzene rings is 1. The Morgan fingerprint density at radius 3 is 2.59 bits per heavy atom. The average molecular weight is 492 g/mol. The average Bonchev–Trinajstić information content (AvgIpc) is 3.17. The summed E-state index contributed by atoms with van der Waals surface area (Å²) in [6, 6.07) is 9.04. The normalized spacial score (nSPS) is 31.5. The quantitative estimate of drug-likeness (QED) is 0.480. The van der Waals surface area contributed by atoms with Crippen molar-refractivity contribution in [1.29, 1.82) is 0 Å². The van der Waals surface area contributed by atoms with Crippen LogP contribution in [0.1, 0.15) is 14.6 Å². The number of likely N-dealkylation sites (N-methyl/N-ethyl adjacent to an activating group) is 1. The molecule has 0 aliphatic carbocycles. The zero-order valence-electron chi connectivity index (χ0n) is 21.4. The number of anilines is 2. The lowest BCUT2D eigenvalue weighted by Gasteiger charge is -2.44. The second-order valence-electron chi connectivity index (χ2n) is 8.60. The zero-order chi connectivity index (χ0) is 26.6. The van der Waals surface area contributed by atoms with Crippen molar-refractivity contribution in [2.75, 3.05) is 38.1 Å². The molecule has 1 unspecified atom stereocenters. The maximum atomic E-state index is 11.8. The minimum Gasteiger partial charge on any atom is -0.479 e. The van der Waals surface area contributed by atoms with E-state index < -0.39 is 43.6 Å². The Morgan fingerprint density at radius 2 is 1.88 bits per heavy atom. The summed E-state index contributed by atoms with van der Waals surface area (Å²) in [4.78, 5) is 22.8. The van der Waals surface area contributed by atoms with E-state index in [1.807, 2.05) is 17.9 Å². The molecule has 2 saturated heterocycles. The number of hydrogen-bond acceptors (Lipinski definition) is 10.